The number of nitrogens with one attached hydrogen (secondary N) is 1. The monoisotopic (exact) mass is 560 g/mol. The summed E-state index contributed by atoms with van der Waals surface area (Å²) in [6, 6.07) is 6.89. The van der Waals surface area contributed by atoms with Gasteiger partial charge in [0.05, 0.1) is 36.3 Å². The maximum absolute atomic E-state index is 13.4. The van der Waals surface area contributed by atoms with Crippen LogP contribution in [0.25, 0.3) is 5.69 Å². The van der Waals surface area contributed by atoms with Gasteiger partial charge >= 0.3 is 5.97 Å². The second-order valence-electron chi connectivity index (χ2n) is 8.40. The molecule has 0 bridgehead atoms. The lowest BCUT2D eigenvalue weighted by Gasteiger charge is -2.25. The van der Waals surface area contributed by atoms with Crippen molar-refractivity contribution in [3.8, 4) is 17.4 Å². The Labute approximate surface area is 227 Å². The Bertz CT molecular complexity index is 1340. The molecule has 0 fully saturated rings. The molecular weight excluding hydrogens is 532 g/mol. The van der Waals surface area contributed by atoms with E-state index in [-0.39, 0.29) is 23.4 Å². The predicted molar refractivity (Wildman–Crippen MR) is 138 cm³/mol. The Balaban J connectivity index is 1.59. The highest BCUT2D eigenvalue weighted by Gasteiger charge is 2.33. The van der Waals surface area contributed by atoms with Crippen LogP contribution in [-0.2, 0) is 27.3 Å². The fraction of sp³-hybridized carbons (Fsp3) is 0.400. The minimum Gasteiger partial charge on any atom is -0.538 e. The number of rotatable bonds is 9. The van der Waals surface area contributed by atoms with E-state index in [4.69, 9.17) is 14.0 Å². The molecule has 1 unspecified atom stereocenters. The standard InChI is InChI=1S/C25H28N4O7S2/c1-5-18(38-23-25(33)36-27-29(23)15-7-9-16(34-4)10-8-15)21(31)26-22-20(24(32)35-6-2)17-11-12-28(14(3)30)13-19(17)37-22/h7-10,18H,5-6,11-13H2,1-4H3,(H-,26,27,31,32,33). The Morgan fingerprint density at radius 3 is 2.66 bits per heavy atom. The molecule has 1 aliphatic rings. The Kier molecular flexibility index (Phi) is 8.57. The van der Waals surface area contributed by atoms with E-state index in [2.05, 4.69) is 10.6 Å². The fourth-order valence-electron chi connectivity index (χ4n) is 4.06. The first-order chi connectivity index (χ1) is 18.3. The smallest absolute Gasteiger partial charge is 0.341 e. The minimum absolute atomic E-state index is 0.0536. The Morgan fingerprint density at radius 2 is 2.03 bits per heavy atom. The van der Waals surface area contributed by atoms with Crippen LogP contribution in [0, 0.1) is 0 Å². The quantitative estimate of drug-likeness (QED) is 0.238. The minimum atomic E-state index is -0.686. The van der Waals surface area contributed by atoms with Gasteiger partial charge in [0.15, 0.2) is 5.95 Å². The molecule has 38 heavy (non-hydrogen) atoms. The number of nitrogens with zero attached hydrogens (tertiary/aromatic N) is 3. The van der Waals surface area contributed by atoms with Gasteiger partial charge in [-0.2, -0.15) is 0 Å². The van der Waals surface area contributed by atoms with Crippen LogP contribution >= 0.6 is 23.1 Å². The molecule has 1 atom stereocenters. The number of esters is 1. The third-order valence-electron chi connectivity index (χ3n) is 6.02. The number of hydrogen-bond donors (Lipinski definition) is 1. The molecule has 3 heterocycles. The summed E-state index contributed by atoms with van der Waals surface area (Å²) < 4.78 is 16.7. The van der Waals surface area contributed by atoms with Crippen LogP contribution < -0.4 is 19.8 Å². The second-order valence-corrected chi connectivity index (χ2v) is 10.7. The maximum Gasteiger partial charge on any atom is 0.341 e. The maximum atomic E-state index is 13.4. The molecular formula is C25H28N4O7S2. The molecule has 0 saturated heterocycles. The van der Waals surface area contributed by atoms with Crippen LogP contribution in [0.4, 0.5) is 5.00 Å². The van der Waals surface area contributed by atoms with Gasteiger partial charge in [-0.05, 0) is 53.9 Å². The normalized spacial score (nSPS) is 13.5. The number of carbonyl (C=O) groups is 3. The van der Waals surface area contributed by atoms with Crippen molar-refractivity contribution >= 4 is 45.9 Å². The van der Waals surface area contributed by atoms with Crippen molar-refractivity contribution in [1.29, 1.82) is 0 Å². The van der Waals surface area contributed by atoms with Crippen LogP contribution in [0.1, 0.15) is 48.0 Å². The molecule has 202 valence electrons. The summed E-state index contributed by atoms with van der Waals surface area (Å²) in [4.78, 5) is 40.7. The number of ether oxygens (including phenoxy) is 2. The summed E-state index contributed by atoms with van der Waals surface area (Å²) in [5, 5.41) is 19.0. The number of aromatic nitrogens is 2. The summed E-state index contributed by atoms with van der Waals surface area (Å²) in [5.41, 5.74) is 1.69. The number of thiophene rings is 1. The van der Waals surface area contributed by atoms with Gasteiger partial charge in [-0.1, -0.05) is 6.92 Å². The number of carbonyl (C=O) groups excluding carboxylic acids is 3. The summed E-state index contributed by atoms with van der Waals surface area (Å²) in [5.74, 6) is -0.979. The summed E-state index contributed by atoms with van der Waals surface area (Å²) in [6.07, 6.45) is 0.880. The second kappa shape index (κ2) is 11.9. The third kappa shape index (κ3) is 5.63. The predicted octanol–water partition coefficient (Wildman–Crippen LogP) is 2.69. The summed E-state index contributed by atoms with van der Waals surface area (Å²) in [7, 11) is 1.55. The molecule has 1 N–H and O–H groups in total. The first-order valence-electron chi connectivity index (χ1n) is 12.0. The first kappa shape index (κ1) is 27.5. The molecule has 3 aromatic rings. The first-order valence-corrected chi connectivity index (χ1v) is 13.7. The van der Waals surface area contributed by atoms with Crippen molar-refractivity contribution in [2.24, 2.45) is 0 Å². The average Bonchev–Trinajstić information content (AvgIpc) is 3.46. The van der Waals surface area contributed by atoms with E-state index in [0.29, 0.717) is 47.9 Å². The average molecular weight is 561 g/mol. The van der Waals surface area contributed by atoms with Gasteiger partial charge in [-0.25, -0.2) is 4.79 Å². The Morgan fingerprint density at radius 1 is 1.29 bits per heavy atom. The van der Waals surface area contributed by atoms with E-state index < -0.39 is 17.2 Å². The molecule has 13 heteroatoms. The zero-order chi connectivity index (χ0) is 27.4. The molecule has 0 saturated carbocycles. The summed E-state index contributed by atoms with van der Waals surface area (Å²) >= 11 is 2.29. The van der Waals surface area contributed by atoms with E-state index in [0.717, 1.165) is 22.2 Å². The van der Waals surface area contributed by atoms with Gasteiger partial charge in [0.1, 0.15) is 10.8 Å². The van der Waals surface area contributed by atoms with Crippen LogP contribution in [0.3, 0.4) is 0 Å². The number of thioether (sulfide) groups is 1. The summed E-state index contributed by atoms with van der Waals surface area (Å²) in [6.45, 7) is 6.08. The SMILES string of the molecule is CCOC(=O)c1c(NC(=O)C(CC)Sc2c([O-])on[n+]2-c2ccc(OC)cc2)sc2c1CCN(C(C)=O)C2. The van der Waals surface area contributed by atoms with E-state index in [1.807, 2.05) is 6.92 Å². The molecule has 2 aromatic heterocycles. The van der Waals surface area contributed by atoms with Crippen LogP contribution in [0.15, 0.2) is 33.8 Å². The molecule has 1 aromatic carbocycles. The number of hydrogen-bond acceptors (Lipinski definition) is 10. The van der Waals surface area contributed by atoms with Crippen LogP contribution in [-0.4, -0.2) is 53.5 Å². The molecule has 0 radical (unpaired) electrons. The molecule has 0 spiro atoms. The lowest BCUT2D eigenvalue weighted by Crippen LogP contribution is -2.36. The van der Waals surface area contributed by atoms with Crippen molar-refractivity contribution in [1.82, 2.24) is 10.2 Å². The number of benzene rings is 1. The number of fused-ring (bicyclic) bond motifs is 1. The number of amides is 2. The zero-order valence-electron chi connectivity index (χ0n) is 21.4. The zero-order valence-corrected chi connectivity index (χ0v) is 23.1. The van der Waals surface area contributed by atoms with Gasteiger partial charge in [0, 0.05) is 30.5 Å². The van der Waals surface area contributed by atoms with Gasteiger partial charge < -0.3 is 29.3 Å². The van der Waals surface area contributed by atoms with Crippen molar-refractivity contribution in [2.75, 3.05) is 25.6 Å². The van der Waals surface area contributed by atoms with Crippen molar-refractivity contribution in [3.63, 3.8) is 0 Å². The van der Waals surface area contributed by atoms with Crippen LogP contribution in [0.2, 0.25) is 0 Å². The number of methoxy groups -OCH3 is 1. The van der Waals surface area contributed by atoms with Gasteiger partial charge in [0.2, 0.25) is 17.5 Å². The van der Waals surface area contributed by atoms with E-state index >= 15 is 0 Å². The van der Waals surface area contributed by atoms with Crippen molar-refractivity contribution in [2.45, 2.75) is 50.4 Å². The molecule has 2 amide bonds. The van der Waals surface area contributed by atoms with E-state index in [1.54, 1.807) is 43.2 Å². The lowest BCUT2D eigenvalue weighted by atomic mass is 10.0. The van der Waals surface area contributed by atoms with Crippen molar-refractivity contribution < 1.29 is 38.2 Å². The van der Waals surface area contributed by atoms with E-state index in [1.165, 1.54) is 22.9 Å². The molecule has 0 aliphatic carbocycles. The van der Waals surface area contributed by atoms with Gasteiger partial charge in [0.25, 0.3) is 5.03 Å². The highest BCUT2D eigenvalue weighted by Crippen LogP contribution is 2.39. The fourth-order valence-corrected chi connectivity index (χ4v) is 6.28. The van der Waals surface area contributed by atoms with Gasteiger partial charge in [-0.3, -0.25) is 9.59 Å². The van der Waals surface area contributed by atoms with Gasteiger partial charge in [-0.15, -0.1) is 11.3 Å². The molecule has 1 aliphatic heterocycles. The topological polar surface area (TPSA) is 138 Å². The Hall–Kier alpha value is -3.58. The number of anilines is 1. The lowest BCUT2D eigenvalue weighted by molar-refractivity contribution is -0.705. The molecule has 4 rings (SSSR count). The third-order valence-corrected chi connectivity index (χ3v) is 8.55. The van der Waals surface area contributed by atoms with Crippen molar-refractivity contribution in [3.05, 3.63) is 40.3 Å². The highest BCUT2D eigenvalue weighted by atomic mass is 32.2. The van der Waals surface area contributed by atoms with E-state index in [9.17, 15) is 19.5 Å². The van der Waals surface area contributed by atoms with Crippen LogP contribution in [0.5, 0.6) is 11.7 Å². The largest absolute Gasteiger partial charge is 0.538 e. The highest BCUT2D eigenvalue weighted by molar-refractivity contribution is 8.00. The molecule has 11 nitrogen and oxygen atoms in total.